The third-order valence-corrected chi connectivity index (χ3v) is 3.08. The van der Waals surface area contributed by atoms with Crippen molar-refractivity contribution in [3.8, 4) is 11.8 Å². The Hall–Kier alpha value is -1.79. The number of aliphatic hydroxyl groups excluding tert-OH is 1. The van der Waals surface area contributed by atoms with Gasteiger partial charge in [0.15, 0.2) is 0 Å². The zero-order valence-electron chi connectivity index (χ0n) is 12.3. The van der Waals surface area contributed by atoms with Gasteiger partial charge in [-0.15, -0.1) is 0 Å². The summed E-state index contributed by atoms with van der Waals surface area (Å²) >= 11 is 0. The number of nitrogens with one attached hydrogen (secondary N) is 1. The number of amides is 1. The SMILES string of the molecule is CCCCCC(C)NC(=O)c1ccc(C#CCO)cc1. The van der Waals surface area contributed by atoms with Crippen molar-refractivity contribution in [3.63, 3.8) is 0 Å². The van der Waals surface area contributed by atoms with Crippen molar-refractivity contribution in [1.82, 2.24) is 5.32 Å². The van der Waals surface area contributed by atoms with Gasteiger partial charge in [0.05, 0.1) is 0 Å². The molecule has 1 amide bonds. The van der Waals surface area contributed by atoms with Crippen LogP contribution in [-0.2, 0) is 0 Å². The molecule has 0 saturated heterocycles. The van der Waals surface area contributed by atoms with E-state index in [1.54, 1.807) is 24.3 Å². The molecule has 0 radical (unpaired) electrons. The van der Waals surface area contributed by atoms with Crippen LogP contribution in [0, 0.1) is 11.8 Å². The van der Waals surface area contributed by atoms with Crippen LogP contribution in [0.25, 0.3) is 0 Å². The largest absolute Gasteiger partial charge is 0.384 e. The van der Waals surface area contributed by atoms with Crippen LogP contribution in [0.2, 0.25) is 0 Å². The maximum absolute atomic E-state index is 12.0. The average Bonchev–Trinajstić information content (AvgIpc) is 2.46. The lowest BCUT2D eigenvalue weighted by atomic mass is 10.1. The van der Waals surface area contributed by atoms with Crippen LogP contribution in [0.15, 0.2) is 24.3 Å². The van der Waals surface area contributed by atoms with E-state index in [0.29, 0.717) is 5.56 Å². The number of benzene rings is 1. The van der Waals surface area contributed by atoms with E-state index in [0.717, 1.165) is 18.4 Å². The van der Waals surface area contributed by atoms with Crippen LogP contribution < -0.4 is 5.32 Å². The van der Waals surface area contributed by atoms with Crippen LogP contribution in [0.1, 0.15) is 55.5 Å². The molecular formula is C17H23NO2. The minimum Gasteiger partial charge on any atom is -0.384 e. The number of aliphatic hydroxyl groups is 1. The van der Waals surface area contributed by atoms with Crippen LogP contribution in [0.3, 0.4) is 0 Å². The van der Waals surface area contributed by atoms with E-state index in [2.05, 4.69) is 24.1 Å². The number of carbonyl (C=O) groups excluding carboxylic acids is 1. The fraction of sp³-hybridized carbons (Fsp3) is 0.471. The summed E-state index contributed by atoms with van der Waals surface area (Å²) < 4.78 is 0. The highest BCUT2D eigenvalue weighted by Gasteiger charge is 2.09. The van der Waals surface area contributed by atoms with Crippen molar-refractivity contribution < 1.29 is 9.90 Å². The molecule has 0 aliphatic heterocycles. The minimum absolute atomic E-state index is 0.0457. The van der Waals surface area contributed by atoms with Gasteiger partial charge in [-0.25, -0.2) is 0 Å². The van der Waals surface area contributed by atoms with E-state index < -0.39 is 0 Å². The summed E-state index contributed by atoms with van der Waals surface area (Å²) in [6.07, 6.45) is 4.56. The highest BCUT2D eigenvalue weighted by Crippen LogP contribution is 2.06. The Balaban J connectivity index is 2.50. The standard InChI is InChI=1S/C17H23NO2/c1-3-4-5-7-14(2)18-17(20)16-11-9-15(10-12-16)8-6-13-19/h9-12,14,19H,3-5,7,13H2,1-2H3,(H,18,20). The molecule has 1 aromatic rings. The molecule has 0 saturated carbocycles. The third kappa shape index (κ3) is 5.90. The summed E-state index contributed by atoms with van der Waals surface area (Å²) in [5.41, 5.74) is 1.44. The Morgan fingerprint density at radius 1 is 1.30 bits per heavy atom. The highest BCUT2D eigenvalue weighted by molar-refractivity contribution is 5.94. The fourth-order valence-corrected chi connectivity index (χ4v) is 1.93. The van der Waals surface area contributed by atoms with Crippen molar-refractivity contribution in [2.45, 2.75) is 45.6 Å². The second kappa shape index (κ2) is 9.17. The molecule has 1 unspecified atom stereocenters. The molecule has 0 aliphatic carbocycles. The fourth-order valence-electron chi connectivity index (χ4n) is 1.93. The van der Waals surface area contributed by atoms with Gasteiger partial charge in [-0.2, -0.15) is 0 Å². The molecule has 1 aromatic carbocycles. The smallest absolute Gasteiger partial charge is 0.251 e. The first-order valence-corrected chi connectivity index (χ1v) is 7.18. The molecular weight excluding hydrogens is 250 g/mol. The Labute approximate surface area is 121 Å². The summed E-state index contributed by atoms with van der Waals surface area (Å²) in [6, 6.07) is 7.30. The molecule has 3 nitrogen and oxygen atoms in total. The van der Waals surface area contributed by atoms with E-state index >= 15 is 0 Å². The third-order valence-electron chi connectivity index (χ3n) is 3.08. The first kappa shape index (κ1) is 16.3. The monoisotopic (exact) mass is 273 g/mol. The molecule has 20 heavy (non-hydrogen) atoms. The molecule has 0 aromatic heterocycles. The van der Waals surface area contributed by atoms with E-state index in [-0.39, 0.29) is 18.6 Å². The maximum Gasteiger partial charge on any atom is 0.251 e. The van der Waals surface area contributed by atoms with E-state index in [1.807, 2.05) is 6.92 Å². The van der Waals surface area contributed by atoms with Crippen LogP contribution in [0.5, 0.6) is 0 Å². The Kier molecular flexibility index (Phi) is 7.46. The minimum atomic E-state index is -0.155. The summed E-state index contributed by atoms with van der Waals surface area (Å²) in [6.45, 7) is 4.05. The second-order valence-electron chi connectivity index (χ2n) is 4.91. The normalized spacial score (nSPS) is 11.3. The second-order valence-corrected chi connectivity index (χ2v) is 4.91. The molecule has 2 N–H and O–H groups in total. The molecule has 0 spiro atoms. The number of carbonyl (C=O) groups is 1. The van der Waals surface area contributed by atoms with Gasteiger partial charge >= 0.3 is 0 Å². The van der Waals surface area contributed by atoms with Crippen LogP contribution in [-0.4, -0.2) is 23.7 Å². The molecule has 0 bridgehead atoms. The average molecular weight is 273 g/mol. The number of hydrogen-bond donors (Lipinski definition) is 2. The molecule has 108 valence electrons. The zero-order chi connectivity index (χ0) is 14.8. The van der Waals surface area contributed by atoms with Crippen LogP contribution in [0.4, 0.5) is 0 Å². The molecule has 0 heterocycles. The van der Waals surface area contributed by atoms with Gasteiger partial charge in [0, 0.05) is 17.2 Å². The molecule has 1 atom stereocenters. The van der Waals surface area contributed by atoms with Crippen molar-refractivity contribution >= 4 is 5.91 Å². The van der Waals surface area contributed by atoms with Gasteiger partial charge < -0.3 is 10.4 Å². The van der Waals surface area contributed by atoms with Crippen LogP contribution >= 0.6 is 0 Å². The number of unbranched alkanes of at least 4 members (excludes halogenated alkanes) is 2. The molecule has 0 fully saturated rings. The number of rotatable bonds is 6. The summed E-state index contributed by atoms with van der Waals surface area (Å²) in [7, 11) is 0. The van der Waals surface area contributed by atoms with E-state index in [4.69, 9.17) is 5.11 Å². The van der Waals surface area contributed by atoms with Gasteiger partial charge in [0.2, 0.25) is 0 Å². The summed E-state index contributed by atoms with van der Waals surface area (Å²) in [5, 5.41) is 11.6. The highest BCUT2D eigenvalue weighted by atomic mass is 16.2. The Morgan fingerprint density at radius 3 is 2.60 bits per heavy atom. The predicted octanol–water partition coefficient (Wildman–Crippen LogP) is 2.73. The lowest BCUT2D eigenvalue weighted by Gasteiger charge is -2.13. The molecule has 0 aliphatic rings. The van der Waals surface area contributed by atoms with Gasteiger partial charge in [-0.05, 0) is 37.6 Å². The Morgan fingerprint density at radius 2 is 2.00 bits per heavy atom. The Bertz CT molecular complexity index is 468. The summed E-state index contributed by atoms with van der Waals surface area (Å²) in [4.78, 5) is 12.0. The van der Waals surface area contributed by atoms with Gasteiger partial charge in [-0.3, -0.25) is 4.79 Å². The van der Waals surface area contributed by atoms with Crippen molar-refractivity contribution in [2.75, 3.05) is 6.61 Å². The van der Waals surface area contributed by atoms with Crippen molar-refractivity contribution in [1.29, 1.82) is 0 Å². The van der Waals surface area contributed by atoms with Crippen molar-refractivity contribution in [3.05, 3.63) is 35.4 Å². The predicted molar refractivity (Wildman–Crippen MR) is 81.5 cm³/mol. The number of hydrogen-bond acceptors (Lipinski definition) is 2. The summed E-state index contributed by atoms with van der Waals surface area (Å²) in [5.74, 6) is 5.34. The van der Waals surface area contributed by atoms with Gasteiger partial charge in [0.1, 0.15) is 6.61 Å². The quantitative estimate of drug-likeness (QED) is 0.618. The van der Waals surface area contributed by atoms with Crippen molar-refractivity contribution in [2.24, 2.45) is 0 Å². The lowest BCUT2D eigenvalue weighted by Crippen LogP contribution is -2.32. The van der Waals surface area contributed by atoms with Gasteiger partial charge in [-0.1, -0.05) is 38.0 Å². The topological polar surface area (TPSA) is 49.3 Å². The zero-order valence-corrected chi connectivity index (χ0v) is 12.3. The molecule has 1 rings (SSSR count). The van der Waals surface area contributed by atoms with Gasteiger partial charge in [0.25, 0.3) is 5.91 Å². The maximum atomic E-state index is 12.0. The van der Waals surface area contributed by atoms with E-state index in [1.165, 1.54) is 12.8 Å². The molecule has 3 heteroatoms. The van der Waals surface area contributed by atoms with E-state index in [9.17, 15) is 4.79 Å². The first-order valence-electron chi connectivity index (χ1n) is 7.18. The lowest BCUT2D eigenvalue weighted by molar-refractivity contribution is 0.0938. The first-order chi connectivity index (χ1) is 9.67.